The fourth-order valence-electron chi connectivity index (χ4n) is 4.76. The minimum atomic E-state index is -0.241. The summed E-state index contributed by atoms with van der Waals surface area (Å²) in [4.78, 5) is 28.2. The Hall–Kier alpha value is -4.49. The largest absolute Gasteiger partial charge is 0.383 e. The number of aromatic nitrogens is 3. The van der Waals surface area contributed by atoms with Crippen LogP contribution >= 0.6 is 0 Å². The monoisotopic (exact) mass is 480 g/mol. The van der Waals surface area contributed by atoms with E-state index in [0.29, 0.717) is 11.3 Å². The van der Waals surface area contributed by atoms with E-state index in [9.17, 15) is 4.79 Å². The van der Waals surface area contributed by atoms with E-state index < -0.39 is 0 Å². The van der Waals surface area contributed by atoms with Crippen LogP contribution in [0.5, 0.6) is 0 Å². The molecule has 36 heavy (non-hydrogen) atoms. The molecule has 2 aromatic carbocycles. The van der Waals surface area contributed by atoms with Gasteiger partial charge < -0.3 is 20.9 Å². The molecule has 5 aromatic rings. The van der Waals surface area contributed by atoms with Gasteiger partial charge in [-0.2, -0.15) is 0 Å². The van der Waals surface area contributed by atoms with Gasteiger partial charge >= 0.3 is 0 Å². The molecule has 1 aliphatic rings. The smallest absolute Gasteiger partial charge is 0.215 e. The van der Waals surface area contributed by atoms with Gasteiger partial charge in [-0.15, -0.1) is 0 Å². The molecule has 0 spiro atoms. The van der Waals surface area contributed by atoms with Crippen molar-refractivity contribution in [1.82, 2.24) is 20.3 Å². The van der Waals surface area contributed by atoms with Crippen molar-refractivity contribution in [2.45, 2.75) is 6.04 Å². The molecule has 0 radical (unpaired) electrons. The molecule has 4 heterocycles. The molecular weight excluding hydrogens is 448 g/mol. The fraction of sp³-hybridized carbons (Fsp3) is 0.138. The molecule has 4 N–H and O–H groups in total. The Morgan fingerprint density at radius 2 is 1.83 bits per heavy atom. The number of H-pyrrole nitrogens is 1. The van der Waals surface area contributed by atoms with Crippen LogP contribution in [-0.4, -0.2) is 40.4 Å². The zero-order valence-electron chi connectivity index (χ0n) is 19.7. The number of piperazine rings is 1. The standard InChI is InChI=1S/C29H26N6O.3H2/c30-29-22(15-21(17-32-29)25-16-20-9-4-5-10-23(20)33-25)28(36)24-11-6-12-27(34-24)35-14-13-31-26(18-35)19-7-2-1-3-8-19;;;/h1-12,15-17,26,31,33H,13-14,18H2,(H2,30,32);3*1H. The average Bonchev–Trinajstić information content (AvgIpc) is 3.38. The maximum Gasteiger partial charge on any atom is 0.215 e. The van der Waals surface area contributed by atoms with Gasteiger partial charge in [-0.1, -0.05) is 54.6 Å². The lowest BCUT2D eigenvalue weighted by atomic mass is 10.0. The number of nitrogens with zero attached hydrogens (tertiary/aromatic N) is 3. The van der Waals surface area contributed by atoms with Crippen LogP contribution in [0.25, 0.3) is 22.2 Å². The van der Waals surface area contributed by atoms with Crippen molar-refractivity contribution >= 4 is 28.3 Å². The number of nitrogens with two attached hydrogens (primary N) is 1. The number of hydrogen-bond donors (Lipinski definition) is 3. The first-order valence-corrected chi connectivity index (χ1v) is 12.0. The molecule has 184 valence electrons. The van der Waals surface area contributed by atoms with Gasteiger partial charge in [0, 0.05) is 58.3 Å². The van der Waals surface area contributed by atoms with Crippen molar-refractivity contribution in [2.75, 3.05) is 30.3 Å². The number of nitrogens with one attached hydrogen (secondary N) is 2. The minimum Gasteiger partial charge on any atom is -0.383 e. The highest BCUT2D eigenvalue weighted by atomic mass is 16.1. The lowest BCUT2D eigenvalue weighted by Crippen LogP contribution is -2.46. The number of carbonyl (C=O) groups excluding carboxylic acids is 1. The lowest BCUT2D eigenvalue weighted by Gasteiger charge is -2.35. The summed E-state index contributed by atoms with van der Waals surface area (Å²) in [6.07, 6.45) is 1.69. The van der Waals surface area contributed by atoms with E-state index in [4.69, 9.17) is 10.7 Å². The first-order valence-electron chi connectivity index (χ1n) is 12.0. The highest BCUT2D eigenvalue weighted by molar-refractivity contribution is 6.11. The molecule has 1 unspecified atom stereocenters. The van der Waals surface area contributed by atoms with Crippen LogP contribution in [0, 0.1) is 0 Å². The second-order valence-corrected chi connectivity index (χ2v) is 9.00. The second kappa shape index (κ2) is 9.28. The van der Waals surface area contributed by atoms with Crippen molar-refractivity contribution < 1.29 is 9.07 Å². The van der Waals surface area contributed by atoms with E-state index in [2.05, 4.69) is 44.5 Å². The second-order valence-electron chi connectivity index (χ2n) is 9.00. The summed E-state index contributed by atoms with van der Waals surface area (Å²) < 4.78 is 0. The molecule has 0 amide bonds. The quantitative estimate of drug-likeness (QED) is 0.294. The van der Waals surface area contributed by atoms with Crippen LogP contribution in [0.3, 0.4) is 0 Å². The third-order valence-corrected chi connectivity index (χ3v) is 6.67. The summed E-state index contributed by atoms with van der Waals surface area (Å²) in [6.45, 7) is 2.42. The predicted octanol–water partition coefficient (Wildman–Crippen LogP) is 5.33. The molecule has 1 atom stereocenters. The van der Waals surface area contributed by atoms with Gasteiger partial charge in [0.05, 0.1) is 5.56 Å². The summed E-state index contributed by atoms with van der Waals surface area (Å²) in [5, 5.41) is 4.67. The Labute approximate surface area is 213 Å². The topological polar surface area (TPSA) is 99.9 Å². The maximum absolute atomic E-state index is 13.5. The molecule has 0 bridgehead atoms. The Bertz CT molecular complexity index is 1530. The first-order chi connectivity index (χ1) is 17.7. The summed E-state index contributed by atoms with van der Waals surface area (Å²) in [5.74, 6) is 0.731. The van der Waals surface area contributed by atoms with Crippen molar-refractivity contribution in [1.29, 1.82) is 0 Å². The number of anilines is 2. The molecular formula is C29H32N6O. The highest BCUT2D eigenvalue weighted by Gasteiger charge is 2.23. The number of hydrogen-bond acceptors (Lipinski definition) is 6. The van der Waals surface area contributed by atoms with Crippen LogP contribution in [0.15, 0.2) is 91.1 Å². The van der Waals surface area contributed by atoms with E-state index in [1.54, 1.807) is 18.3 Å². The van der Waals surface area contributed by atoms with E-state index in [1.807, 2.05) is 48.5 Å². The lowest BCUT2D eigenvalue weighted by molar-refractivity contribution is 0.103. The van der Waals surface area contributed by atoms with Crippen LogP contribution in [0.1, 0.15) is 31.9 Å². The SMILES string of the molecule is Nc1ncc(-c2cc3ccccc3[nH]2)cc1C(=O)c1cccc(N2CCNC(c3ccccc3)C2)n1.[HH].[HH].[HH]. The number of ketones is 1. The zero-order valence-corrected chi connectivity index (χ0v) is 19.7. The first kappa shape index (κ1) is 22.0. The molecule has 6 rings (SSSR count). The fourth-order valence-corrected chi connectivity index (χ4v) is 4.76. The number of benzene rings is 2. The van der Waals surface area contributed by atoms with Gasteiger partial charge in [-0.3, -0.25) is 4.79 Å². The van der Waals surface area contributed by atoms with Gasteiger partial charge in [0.15, 0.2) is 0 Å². The molecule has 1 aliphatic heterocycles. The molecule has 3 aromatic heterocycles. The number of pyridine rings is 2. The van der Waals surface area contributed by atoms with Crippen molar-refractivity contribution in [3.05, 3.63) is 108 Å². The van der Waals surface area contributed by atoms with E-state index >= 15 is 0 Å². The third-order valence-electron chi connectivity index (χ3n) is 6.67. The molecule has 1 fully saturated rings. The van der Waals surface area contributed by atoms with Crippen molar-refractivity contribution in [2.24, 2.45) is 0 Å². The average molecular weight is 481 g/mol. The molecule has 0 saturated carbocycles. The van der Waals surface area contributed by atoms with Crippen molar-refractivity contribution in [3.63, 3.8) is 0 Å². The van der Waals surface area contributed by atoms with Crippen LogP contribution in [0.4, 0.5) is 11.6 Å². The number of fused-ring (bicyclic) bond motifs is 1. The Morgan fingerprint density at radius 1 is 1.00 bits per heavy atom. The van der Waals surface area contributed by atoms with Crippen LogP contribution < -0.4 is 16.0 Å². The third kappa shape index (κ3) is 4.21. The van der Waals surface area contributed by atoms with Gasteiger partial charge in [0.25, 0.3) is 0 Å². The number of nitrogen functional groups attached to an aromatic ring is 1. The Morgan fingerprint density at radius 3 is 2.69 bits per heavy atom. The molecule has 0 aliphatic carbocycles. The summed E-state index contributed by atoms with van der Waals surface area (Å²) in [5.41, 5.74) is 10.8. The number of rotatable bonds is 5. The summed E-state index contributed by atoms with van der Waals surface area (Å²) in [7, 11) is 0. The molecule has 1 saturated heterocycles. The predicted molar refractivity (Wildman–Crippen MR) is 149 cm³/mol. The van der Waals surface area contributed by atoms with E-state index in [1.165, 1.54) is 5.56 Å². The summed E-state index contributed by atoms with van der Waals surface area (Å²) in [6, 6.07) is 28.0. The minimum absolute atomic E-state index is 0. The maximum atomic E-state index is 13.5. The molecule has 7 nitrogen and oxygen atoms in total. The zero-order chi connectivity index (χ0) is 24.5. The number of para-hydroxylation sites is 1. The van der Waals surface area contributed by atoms with Gasteiger partial charge in [-0.05, 0) is 35.9 Å². The Balaban J connectivity index is 0.00000140. The van der Waals surface area contributed by atoms with E-state index in [0.717, 1.165) is 47.6 Å². The highest BCUT2D eigenvalue weighted by Crippen LogP contribution is 2.27. The number of aromatic amines is 1. The van der Waals surface area contributed by atoms with Gasteiger partial charge in [-0.25, -0.2) is 9.97 Å². The summed E-state index contributed by atoms with van der Waals surface area (Å²) >= 11 is 0. The van der Waals surface area contributed by atoms with Crippen molar-refractivity contribution in [3.8, 4) is 11.3 Å². The normalized spacial score (nSPS) is 15.8. The molecule has 7 heteroatoms. The Kier molecular flexibility index (Phi) is 5.67. The van der Waals surface area contributed by atoms with Crippen LogP contribution in [0.2, 0.25) is 0 Å². The van der Waals surface area contributed by atoms with Crippen LogP contribution in [-0.2, 0) is 0 Å². The van der Waals surface area contributed by atoms with Gasteiger partial charge in [0.1, 0.15) is 17.3 Å². The van der Waals surface area contributed by atoms with Gasteiger partial charge in [0.2, 0.25) is 5.78 Å². The number of carbonyl (C=O) groups is 1. The van der Waals surface area contributed by atoms with E-state index in [-0.39, 0.29) is 21.9 Å².